The average molecular weight is 240 g/mol. The molecule has 0 aliphatic rings. The van der Waals surface area contributed by atoms with E-state index in [1.54, 1.807) is 18.2 Å². The van der Waals surface area contributed by atoms with Crippen LogP contribution >= 0.6 is 0 Å². The summed E-state index contributed by atoms with van der Waals surface area (Å²) in [6.45, 7) is 0. The lowest BCUT2D eigenvalue weighted by Gasteiger charge is -2.03. The number of pyridine rings is 1. The average Bonchev–Trinajstić information content (AvgIpc) is 2.74. The van der Waals surface area contributed by atoms with Gasteiger partial charge in [-0.05, 0) is 29.8 Å². The maximum absolute atomic E-state index is 9.44. The second kappa shape index (κ2) is 4.03. The van der Waals surface area contributed by atoms with Crippen molar-refractivity contribution in [1.82, 2.24) is 14.6 Å². The van der Waals surface area contributed by atoms with Gasteiger partial charge in [-0.3, -0.25) is 4.40 Å². The van der Waals surface area contributed by atoms with Crippen LogP contribution in [-0.2, 0) is 6.42 Å². The third-order valence-electron chi connectivity index (χ3n) is 2.80. The fourth-order valence-electron chi connectivity index (χ4n) is 1.99. The first-order chi connectivity index (χ1) is 8.74. The summed E-state index contributed by atoms with van der Waals surface area (Å²) in [6.07, 6.45) is 0.573. The lowest BCUT2D eigenvalue weighted by molar-refractivity contribution is 0.474. The summed E-state index contributed by atoms with van der Waals surface area (Å²) in [5.41, 5.74) is 7.61. The first kappa shape index (κ1) is 10.6. The molecule has 0 aliphatic carbocycles. The van der Waals surface area contributed by atoms with Crippen LogP contribution in [0, 0.1) is 0 Å². The molecule has 18 heavy (non-hydrogen) atoms. The highest BCUT2D eigenvalue weighted by Gasteiger charge is 2.08. The van der Waals surface area contributed by atoms with E-state index in [0.717, 1.165) is 17.0 Å². The molecular formula is C13H12N4O. The van der Waals surface area contributed by atoms with Crippen molar-refractivity contribution in [3.8, 4) is 5.75 Å². The van der Waals surface area contributed by atoms with E-state index in [9.17, 15) is 5.11 Å². The van der Waals surface area contributed by atoms with Gasteiger partial charge in [-0.2, -0.15) is 0 Å². The van der Waals surface area contributed by atoms with Crippen molar-refractivity contribution in [3.05, 3.63) is 53.9 Å². The molecular weight excluding hydrogens is 228 g/mol. The third kappa shape index (κ3) is 1.75. The molecule has 0 saturated carbocycles. The van der Waals surface area contributed by atoms with E-state index in [2.05, 4.69) is 10.2 Å². The predicted octanol–water partition coefficient (Wildman–Crippen LogP) is 1.61. The molecule has 2 aromatic heterocycles. The SMILES string of the molecule is Nc1cccc2nnc(Cc3cccc(O)c3)n12. The van der Waals surface area contributed by atoms with Gasteiger partial charge in [0.1, 0.15) is 17.4 Å². The van der Waals surface area contributed by atoms with Crippen LogP contribution < -0.4 is 5.73 Å². The van der Waals surface area contributed by atoms with Crippen molar-refractivity contribution >= 4 is 11.5 Å². The lowest BCUT2D eigenvalue weighted by Crippen LogP contribution is -2.01. The second-order valence-corrected chi connectivity index (χ2v) is 4.11. The van der Waals surface area contributed by atoms with Gasteiger partial charge in [0, 0.05) is 6.42 Å². The molecule has 1 aromatic carbocycles. The minimum atomic E-state index is 0.245. The molecule has 3 rings (SSSR count). The molecule has 0 amide bonds. The van der Waals surface area contributed by atoms with Crippen LogP contribution in [0.2, 0.25) is 0 Å². The number of nitrogen functional groups attached to an aromatic ring is 1. The van der Waals surface area contributed by atoms with Crippen LogP contribution in [0.15, 0.2) is 42.5 Å². The fraction of sp³-hybridized carbons (Fsp3) is 0.0769. The Morgan fingerprint density at radius 3 is 2.78 bits per heavy atom. The molecule has 90 valence electrons. The zero-order chi connectivity index (χ0) is 12.5. The Balaban J connectivity index is 2.05. The van der Waals surface area contributed by atoms with E-state index in [1.807, 2.05) is 28.7 Å². The molecule has 3 N–H and O–H groups in total. The number of rotatable bonds is 2. The van der Waals surface area contributed by atoms with Crippen molar-refractivity contribution in [3.63, 3.8) is 0 Å². The highest BCUT2D eigenvalue weighted by Crippen LogP contribution is 2.16. The monoisotopic (exact) mass is 240 g/mol. The summed E-state index contributed by atoms with van der Waals surface area (Å²) in [7, 11) is 0. The summed E-state index contributed by atoms with van der Waals surface area (Å²) in [5, 5.41) is 17.6. The lowest BCUT2D eigenvalue weighted by atomic mass is 10.1. The first-order valence-electron chi connectivity index (χ1n) is 5.60. The molecule has 3 aromatic rings. The van der Waals surface area contributed by atoms with Crippen LogP contribution in [0.4, 0.5) is 5.82 Å². The number of hydrogen-bond acceptors (Lipinski definition) is 4. The van der Waals surface area contributed by atoms with Gasteiger partial charge in [0.25, 0.3) is 0 Å². The topological polar surface area (TPSA) is 76.4 Å². The standard InChI is InChI=1S/C13H12N4O/c14-11-5-2-6-12-15-16-13(17(11)12)8-9-3-1-4-10(18)7-9/h1-7,18H,8,14H2. The number of anilines is 1. The Morgan fingerprint density at radius 1 is 1.11 bits per heavy atom. The summed E-state index contributed by atoms with van der Waals surface area (Å²) in [5.74, 6) is 1.61. The zero-order valence-electron chi connectivity index (χ0n) is 9.61. The number of nitrogens with two attached hydrogens (primary N) is 1. The summed E-state index contributed by atoms with van der Waals surface area (Å²) in [4.78, 5) is 0. The maximum Gasteiger partial charge on any atom is 0.162 e. The highest BCUT2D eigenvalue weighted by molar-refractivity contribution is 5.48. The molecule has 0 unspecified atom stereocenters. The molecule has 0 spiro atoms. The Kier molecular flexibility index (Phi) is 2.37. The molecule has 0 radical (unpaired) electrons. The minimum absolute atomic E-state index is 0.245. The van der Waals surface area contributed by atoms with Crippen LogP contribution in [0.1, 0.15) is 11.4 Å². The van der Waals surface area contributed by atoms with Gasteiger partial charge in [0.2, 0.25) is 0 Å². The van der Waals surface area contributed by atoms with Crippen molar-refractivity contribution < 1.29 is 5.11 Å². The van der Waals surface area contributed by atoms with E-state index >= 15 is 0 Å². The molecule has 0 saturated heterocycles. The van der Waals surface area contributed by atoms with Crippen molar-refractivity contribution in [2.45, 2.75) is 6.42 Å². The zero-order valence-corrected chi connectivity index (χ0v) is 9.61. The number of phenols is 1. The Labute approximate surface area is 104 Å². The predicted molar refractivity (Wildman–Crippen MR) is 68.3 cm³/mol. The Bertz CT molecular complexity index is 705. The van der Waals surface area contributed by atoms with Crippen LogP contribution in [0.3, 0.4) is 0 Å². The van der Waals surface area contributed by atoms with Crippen LogP contribution in [-0.4, -0.2) is 19.7 Å². The van der Waals surface area contributed by atoms with Crippen molar-refractivity contribution in [1.29, 1.82) is 0 Å². The normalized spacial score (nSPS) is 10.9. The van der Waals surface area contributed by atoms with E-state index < -0.39 is 0 Å². The van der Waals surface area contributed by atoms with Crippen molar-refractivity contribution in [2.75, 3.05) is 5.73 Å². The minimum Gasteiger partial charge on any atom is -0.508 e. The van der Waals surface area contributed by atoms with E-state index in [0.29, 0.717) is 12.2 Å². The highest BCUT2D eigenvalue weighted by atomic mass is 16.3. The smallest absolute Gasteiger partial charge is 0.162 e. The number of aromatic nitrogens is 3. The van der Waals surface area contributed by atoms with Gasteiger partial charge in [-0.1, -0.05) is 18.2 Å². The van der Waals surface area contributed by atoms with Gasteiger partial charge in [0.15, 0.2) is 5.65 Å². The van der Waals surface area contributed by atoms with Gasteiger partial charge >= 0.3 is 0 Å². The molecule has 0 aliphatic heterocycles. The van der Waals surface area contributed by atoms with Gasteiger partial charge in [0.05, 0.1) is 0 Å². The Morgan fingerprint density at radius 2 is 1.94 bits per heavy atom. The molecule has 0 bridgehead atoms. The maximum atomic E-state index is 9.44. The number of aromatic hydroxyl groups is 1. The Hall–Kier alpha value is -2.56. The molecule has 5 heteroatoms. The van der Waals surface area contributed by atoms with E-state index in [4.69, 9.17) is 5.73 Å². The van der Waals surface area contributed by atoms with E-state index in [-0.39, 0.29) is 5.75 Å². The number of fused-ring (bicyclic) bond motifs is 1. The molecule has 0 atom stereocenters. The number of nitrogens with zero attached hydrogens (tertiary/aromatic N) is 3. The van der Waals surface area contributed by atoms with Gasteiger partial charge in [-0.15, -0.1) is 10.2 Å². The third-order valence-corrected chi connectivity index (χ3v) is 2.80. The van der Waals surface area contributed by atoms with Crippen LogP contribution in [0.25, 0.3) is 5.65 Å². The summed E-state index contributed by atoms with van der Waals surface area (Å²) >= 11 is 0. The van der Waals surface area contributed by atoms with Crippen molar-refractivity contribution in [2.24, 2.45) is 0 Å². The van der Waals surface area contributed by atoms with Gasteiger partial charge in [-0.25, -0.2) is 0 Å². The summed E-state index contributed by atoms with van der Waals surface area (Å²) < 4.78 is 1.81. The molecule has 0 fully saturated rings. The second-order valence-electron chi connectivity index (χ2n) is 4.11. The van der Waals surface area contributed by atoms with Crippen LogP contribution in [0.5, 0.6) is 5.75 Å². The summed E-state index contributed by atoms with van der Waals surface area (Å²) in [6, 6.07) is 12.6. The molecule has 5 nitrogen and oxygen atoms in total. The fourth-order valence-corrected chi connectivity index (χ4v) is 1.99. The first-order valence-corrected chi connectivity index (χ1v) is 5.60. The number of benzene rings is 1. The van der Waals surface area contributed by atoms with E-state index in [1.165, 1.54) is 0 Å². The quantitative estimate of drug-likeness (QED) is 0.713. The number of phenolic OH excluding ortho intramolecular Hbond substituents is 1. The largest absolute Gasteiger partial charge is 0.508 e. The van der Waals surface area contributed by atoms with Gasteiger partial charge < -0.3 is 10.8 Å². The molecule has 2 heterocycles. The number of hydrogen-bond donors (Lipinski definition) is 2.